The summed E-state index contributed by atoms with van der Waals surface area (Å²) < 4.78 is 0. The Morgan fingerprint density at radius 2 is 1.33 bits per heavy atom. The summed E-state index contributed by atoms with van der Waals surface area (Å²) in [5.41, 5.74) is 4.85. The molecule has 0 aromatic rings. The minimum atomic E-state index is 0. The van der Waals surface area contributed by atoms with E-state index in [1.54, 1.807) is 0 Å². The van der Waals surface area contributed by atoms with Crippen LogP contribution in [0.25, 0.3) is 0 Å². The van der Waals surface area contributed by atoms with E-state index in [0.717, 1.165) is 6.54 Å². The molecule has 0 aromatic carbocycles. The second kappa shape index (κ2) is 65.7. The van der Waals surface area contributed by atoms with Gasteiger partial charge in [0.25, 0.3) is 0 Å². The molecule has 0 atom stereocenters. The van der Waals surface area contributed by atoms with Gasteiger partial charge in [0.2, 0.25) is 0 Å². The van der Waals surface area contributed by atoms with Crippen molar-refractivity contribution in [1.82, 2.24) is 0 Å². The van der Waals surface area contributed by atoms with Crippen LogP contribution in [0.15, 0.2) is 0 Å². The van der Waals surface area contributed by atoms with E-state index in [1.165, 1.54) is 0 Å². The van der Waals surface area contributed by atoms with Crippen LogP contribution in [-0.4, -0.2) is 6.54 Å². The molecule has 0 aliphatic rings. The topological polar surface area (TPSA) is 78.1 Å². The van der Waals surface area contributed by atoms with Crippen molar-refractivity contribution >= 4 is 12.4 Å². The van der Waals surface area contributed by atoms with Crippen molar-refractivity contribution in [3.05, 3.63) is 0 Å². The third-order valence-electron chi connectivity index (χ3n) is 0. The monoisotopic (exact) mass is 113 g/mol. The zero-order chi connectivity index (χ0) is 4.71. The van der Waals surface area contributed by atoms with E-state index in [9.17, 15) is 0 Å². The third-order valence-corrected chi connectivity index (χ3v) is 0. The lowest BCUT2D eigenvalue weighted by Crippen LogP contribution is -2.02. The molecule has 0 saturated carbocycles. The molecular formula is C2H12ClN3. The minimum Gasteiger partial charge on any atom is -0.331 e. The predicted octanol–water partition coefficient (Wildman–Crippen LogP) is -0.794. The highest BCUT2D eigenvalue weighted by Crippen LogP contribution is 1.20. The quantitative estimate of drug-likeness (QED) is 0.285. The van der Waals surface area contributed by atoms with Crippen LogP contribution >= 0.6 is 12.4 Å². The number of hydrogen-bond donors (Lipinski definition) is 3. The zero-order valence-corrected chi connectivity index (χ0v) is 4.66. The standard InChI is InChI=1S/C2H7N.ClH.H4N2/c1-2-3;;1-2/h2-3H2,1H3;1H;1-2H2. The first-order valence-corrected chi connectivity index (χ1v) is 1.45. The van der Waals surface area contributed by atoms with Crippen molar-refractivity contribution in [2.75, 3.05) is 6.54 Å². The van der Waals surface area contributed by atoms with Gasteiger partial charge in [-0.05, 0) is 6.54 Å². The molecule has 42 valence electrons. The van der Waals surface area contributed by atoms with E-state index in [-0.39, 0.29) is 12.4 Å². The zero-order valence-electron chi connectivity index (χ0n) is 3.85. The van der Waals surface area contributed by atoms with Crippen molar-refractivity contribution in [3.8, 4) is 0 Å². The summed E-state index contributed by atoms with van der Waals surface area (Å²) >= 11 is 0. The van der Waals surface area contributed by atoms with Crippen LogP contribution in [0.1, 0.15) is 6.92 Å². The third kappa shape index (κ3) is 1450. The lowest BCUT2D eigenvalue weighted by molar-refractivity contribution is 1.14. The summed E-state index contributed by atoms with van der Waals surface area (Å²) in [5, 5.41) is 0. The molecular weight excluding hydrogens is 101 g/mol. The van der Waals surface area contributed by atoms with Crippen molar-refractivity contribution < 1.29 is 0 Å². The van der Waals surface area contributed by atoms with E-state index in [1.807, 2.05) is 6.92 Å². The van der Waals surface area contributed by atoms with Crippen LogP contribution in [-0.2, 0) is 0 Å². The normalized spacial score (nSPS) is 4.00. The Labute approximate surface area is 44.3 Å². The Morgan fingerprint density at radius 1 is 1.33 bits per heavy atom. The van der Waals surface area contributed by atoms with Gasteiger partial charge in [-0.15, -0.1) is 12.4 Å². The molecule has 0 bridgehead atoms. The molecule has 0 fully saturated rings. The van der Waals surface area contributed by atoms with Gasteiger partial charge in [0.15, 0.2) is 0 Å². The maximum atomic E-state index is 4.85. The van der Waals surface area contributed by atoms with Crippen LogP contribution in [0, 0.1) is 0 Å². The molecule has 0 saturated heterocycles. The fourth-order valence-corrected chi connectivity index (χ4v) is 0. The van der Waals surface area contributed by atoms with E-state index in [2.05, 4.69) is 11.7 Å². The lowest BCUT2D eigenvalue weighted by atomic mass is 10.8. The second-order valence-corrected chi connectivity index (χ2v) is 0.408. The highest BCUT2D eigenvalue weighted by Gasteiger charge is 1.32. The Kier molecular flexibility index (Phi) is 180. The largest absolute Gasteiger partial charge is 0.331 e. The average molecular weight is 114 g/mol. The molecule has 0 spiro atoms. The number of hydrogen-bond acceptors (Lipinski definition) is 3. The molecule has 0 radical (unpaired) electrons. The SMILES string of the molecule is CCN.Cl.NN. The molecule has 0 heterocycles. The predicted molar refractivity (Wildman–Crippen MR) is 30.4 cm³/mol. The van der Waals surface area contributed by atoms with Gasteiger partial charge in [-0.1, -0.05) is 6.92 Å². The van der Waals surface area contributed by atoms with Crippen LogP contribution in [0.4, 0.5) is 0 Å². The summed E-state index contributed by atoms with van der Waals surface area (Å²) in [5.74, 6) is 8.00. The number of nitrogens with two attached hydrogens (primary N) is 3. The maximum Gasteiger partial charge on any atom is -0.0106 e. The molecule has 4 heteroatoms. The maximum absolute atomic E-state index is 4.85. The van der Waals surface area contributed by atoms with Crippen molar-refractivity contribution in [2.24, 2.45) is 17.4 Å². The molecule has 0 rings (SSSR count). The molecule has 0 aromatic heterocycles. The fraction of sp³-hybridized carbons (Fsp3) is 1.00. The molecule has 6 heavy (non-hydrogen) atoms. The van der Waals surface area contributed by atoms with Gasteiger partial charge < -0.3 is 5.73 Å². The number of halogens is 1. The molecule has 0 unspecified atom stereocenters. The highest BCUT2D eigenvalue weighted by atomic mass is 35.5. The first-order valence-electron chi connectivity index (χ1n) is 1.45. The fourth-order valence-electron chi connectivity index (χ4n) is 0. The van der Waals surface area contributed by atoms with Crippen molar-refractivity contribution in [3.63, 3.8) is 0 Å². The Balaban J connectivity index is -0.0000000275. The average Bonchev–Trinajstić information content (AvgIpc) is 1.46. The first-order chi connectivity index (χ1) is 2.41. The summed E-state index contributed by atoms with van der Waals surface area (Å²) in [6, 6.07) is 0. The Morgan fingerprint density at radius 3 is 1.33 bits per heavy atom. The van der Waals surface area contributed by atoms with Crippen LogP contribution in [0.3, 0.4) is 0 Å². The van der Waals surface area contributed by atoms with Crippen LogP contribution < -0.4 is 17.4 Å². The van der Waals surface area contributed by atoms with Gasteiger partial charge in [-0.3, -0.25) is 11.7 Å². The van der Waals surface area contributed by atoms with Gasteiger partial charge in [-0.2, -0.15) is 0 Å². The van der Waals surface area contributed by atoms with Gasteiger partial charge in [0, 0.05) is 0 Å². The van der Waals surface area contributed by atoms with Crippen LogP contribution in [0.2, 0.25) is 0 Å². The highest BCUT2D eigenvalue weighted by molar-refractivity contribution is 5.85. The molecule has 6 N–H and O–H groups in total. The first kappa shape index (κ1) is 16.4. The van der Waals surface area contributed by atoms with E-state index < -0.39 is 0 Å². The summed E-state index contributed by atoms with van der Waals surface area (Å²) in [6.45, 7) is 2.65. The summed E-state index contributed by atoms with van der Waals surface area (Å²) in [6.07, 6.45) is 0. The Hall–Kier alpha value is 0.170. The molecule has 0 aliphatic heterocycles. The van der Waals surface area contributed by atoms with E-state index in [0.29, 0.717) is 0 Å². The lowest BCUT2D eigenvalue weighted by Gasteiger charge is -1.53. The number of rotatable bonds is 0. The van der Waals surface area contributed by atoms with E-state index in [4.69, 9.17) is 5.73 Å². The van der Waals surface area contributed by atoms with Gasteiger partial charge in [-0.25, -0.2) is 0 Å². The number of hydrazine groups is 1. The minimum absolute atomic E-state index is 0. The molecule has 0 amide bonds. The van der Waals surface area contributed by atoms with Gasteiger partial charge in [0.05, 0.1) is 0 Å². The Bertz CT molecular complexity index is 8.75. The summed E-state index contributed by atoms with van der Waals surface area (Å²) in [7, 11) is 0. The molecule has 0 aliphatic carbocycles. The smallest absolute Gasteiger partial charge is 0.0106 e. The van der Waals surface area contributed by atoms with Crippen molar-refractivity contribution in [1.29, 1.82) is 0 Å². The molecule has 3 nitrogen and oxygen atoms in total. The van der Waals surface area contributed by atoms with Gasteiger partial charge in [0.1, 0.15) is 0 Å². The second-order valence-electron chi connectivity index (χ2n) is 0.408. The van der Waals surface area contributed by atoms with E-state index >= 15 is 0 Å². The van der Waals surface area contributed by atoms with Crippen molar-refractivity contribution in [2.45, 2.75) is 6.92 Å². The van der Waals surface area contributed by atoms with Crippen LogP contribution in [0.5, 0.6) is 0 Å². The summed E-state index contributed by atoms with van der Waals surface area (Å²) in [4.78, 5) is 0. The van der Waals surface area contributed by atoms with Gasteiger partial charge >= 0.3 is 0 Å².